The van der Waals surface area contributed by atoms with E-state index in [9.17, 15) is 5.11 Å². The Labute approximate surface area is 108 Å². The highest BCUT2D eigenvalue weighted by Crippen LogP contribution is 2.41. The van der Waals surface area contributed by atoms with Crippen LogP contribution in [0.5, 0.6) is 5.75 Å². The molecule has 1 N–H and O–H groups in total. The van der Waals surface area contributed by atoms with Crippen molar-refractivity contribution in [2.75, 3.05) is 7.11 Å². The van der Waals surface area contributed by atoms with E-state index in [-0.39, 0.29) is 0 Å². The van der Waals surface area contributed by atoms with Gasteiger partial charge in [0.1, 0.15) is 5.75 Å². The predicted molar refractivity (Wildman–Crippen MR) is 69.5 cm³/mol. The van der Waals surface area contributed by atoms with Crippen LogP contribution in [0.25, 0.3) is 0 Å². The average Bonchev–Trinajstić information content (AvgIpc) is 2.24. The molecular weight excluding hydrogens is 236 g/mol. The van der Waals surface area contributed by atoms with Crippen LogP contribution in [0, 0.1) is 5.92 Å². The van der Waals surface area contributed by atoms with Crippen molar-refractivity contribution in [2.24, 2.45) is 5.92 Å². The second kappa shape index (κ2) is 4.87. The van der Waals surface area contributed by atoms with Crippen LogP contribution >= 0.6 is 11.6 Å². The Kier molecular flexibility index (Phi) is 3.64. The topological polar surface area (TPSA) is 29.5 Å². The highest BCUT2D eigenvalue weighted by Gasteiger charge is 2.32. The lowest BCUT2D eigenvalue weighted by atomic mass is 9.75. The molecule has 0 radical (unpaired) electrons. The normalized spacial score (nSPS) is 19.5. The fourth-order valence-corrected chi connectivity index (χ4v) is 2.64. The van der Waals surface area contributed by atoms with Gasteiger partial charge in [0, 0.05) is 10.6 Å². The second-order valence-corrected chi connectivity index (χ2v) is 5.56. The van der Waals surface area contributed by atoms with Crippen molar-refractivity contribution in [3.05, 3.63) is 28.8 Å². The van der Waals surface area contributed by atoms with Gasteiger partial charge in [0.2, 0.25) is 0 Å². The number of benzene rings is 1. The summed E-state index contributed by atoms with van der Waals surface area (Å²) in [6, 6.07) is 5.40. The SMILES string of the molecule is COc1ccc(Cl)cc1C(C)(O)CC1CCC1. The van der Waals surface area contributed by atoms with Gasteiger partial charge < -0.3 is 9.84 Å². The summed E-state index contributed by atoms with van der Waals surface area (Å²) in [4.78, 5) is 0. The van der Waals surface area contributed by atoms with Gasteiger partial charge in [0.25, 0.3) is 0 Å². The minimum absolute atomic E-state index is 0.633. The second-order valence-electron chi connectivity index (χ2n) is 5.12. The highest BCUT2D eigenvalue weighted by atomic mass is 35.5. The van der Waals surface area contributed by atoms with Crippen LogP contribution in [-0.4, -0.2) is 12.2 Å². The van der Waals surface area contributed by atoms with E-state index >= 15 is 0 Å². The molecule has 1 aliphatic rings. The highest BCUT2D eigenvalue weighted by molar-refractivity contribution is 6.30. The van der Waals surface area contributed by atoms with E-state index in [1.54, 1.807) is 19.2 Å². The maximum Gasteiger partial charge on any atom is 0.125 e. The summed E-state index contributed by atoms with van der Waals surface area (Å²) < 4.78 is 5.30. The van der Waals surface area contributed by atoms with Crippen LogP contribution < -0.4 is 4.74 Å². The molecule has 0 spiro atoms. The van der Waals surface area contributed by atoms with E-state index < -0.39 is 5.60 Å². The summed E-state index contributed by atoms with van der Waals surface area (Å²) in [5, 5.41) is 11.3. The number of aliphatic hydroxyl groups is 1. The first kappa shape index (κ1) is 12.7. The molecule has 0 saturated heterocycles. The molecule has 0 aromatic heterocycles. The molecule has 1 unspecified atom stereocenters. The number of hydrogen-bond donors (Lipinski definition) is 1. The van der Waals surface area contributed by atoms with E-state index in [4.69, 9.17) is 16.3 Å². The van der Waals surface area contributed by atoms with Gasteiger partial charge in [0.15, 0.2) is 0 Å². The molecule has 1 fully saturated rings. The van der Waals surface area contributed by atoms with Crippen molar-refractivity contribution >= 4 is 11.6 Å². The number of hydrogen-bond acceptors (Lipinski definition) is 2. The summed E-state index contributed by atoms with van der Waals surface area (Å²) >= 11 is 6.00. The van der Waals surface area contributed by atoms with Gasteiger partial charge in [-0.1, -0.05) is 30.9 Å². The molecule has 0 amide bonds. The van der Waals surface area contributed by atoms with Gasteiger partial charge >= 0.3 is 0 Å². The molecule has 17 heavy (non-hydrogen) atoms. The minimum atomic E-state index is -0.860. The van der Waals surface area contributed by atoms with Crippen molar-refractivity contribution in [3.63, 3.8) is 0 Å². The van der Waals surface area contributed by atoms with Gasteiger partial charge in [-0.25, -0.2) is 0 Å². The molecule has 2 nitrogen and oxygen atoms in total. The fourth-order valence-electron chi connectivity index (χ4n) is 2.47. The number of methoxy groups -OCH3 is 1. The van der Waals surface area contributed by atoms with Gasteiger partial charge in [-0.15, -0.1) is 0 Å². The van der Waals surface area contributed by atoms with E-state index in [2.05, 4.69) is 0 Å². The zero-order valence-corrected chi connectivity index (χ0v) is 11.1. The zero-order chi connectivity index (χ0) is 12.5. The van der Waals surface area contributed by atoms with Gasteiger partial charge in [-0.2, -0.15) is 0 Å². The van der Waals surface area contributed by atoms with E-state index in [1.165, 1.54) is 19.3 Å². The lowest BCUT2D eigenvalue weighted by Gasteiger charge is -2.34. The summed E-state index contributed by atoms with van der Waals surface area (Å²) in [6.45, 7) is 1.85. The quantitative estimate of drug-likeness (QED) is 0.887. The summed E-state index contributed by atoms with van der Waals surface area (Å²) in [6.07, 6.45) is 4.51. The summed E-state index contributed by atoms with van der Waals surface area (Å²) in [5.41, 5.74) is -0.0687. The first-order chi connectivity index (χ1) is 8.03. The molecule has 1 aliphatic carbocycles. The third-order valence-electron chi connectivity index (χ3n) is 3.65. The van der Waals surface area contributed by atoms with E-state index in [1.807, 2.05) is 13.0 Å². The Morgan fingerprint density at radius 3 is 2.71 bits per heavy atom. The Balaban J connectivity index is 2.26. The third-order valence-corrected chi connectivity index (χ3v) is 3.89. The number of ether oxygens (including phenoxy) is 1. The van der Waals surface area contributed by atoms with E-state index in [0.29, 0.717) is 16.7 Å². The van der Waals surface area contributed by atoms with Crippen molar-refractivity contribution < 1.29 is 9.84 Å². The fraction of sp³-hybridized carbons (Fsp3) is 0.571. The van der Waals surface area contributed by atoms with Crippen LogP contribution in [0.3, 0.4) is 0 Å². The van der Waals surface area contributed by atoms with Crippen LogP contribution in [0.2, 0.25) is 5.02 Å². The van der Waals surface area contributed by atoms with Crippen molar-refractivity contribution in [1.29, 1.82) is 0 Å². The van der Waals surface area contributed by atoms with Crippen LogP contribution in [0.4, 0.5) is 0 Å². The first-order valence-electron chi connectivity index (χ1n) is 6.09. The molecule has 3 heteroatoms. The largest absolute Gasteiger partial charge is 0.496 e. The third kappa shape index (κ3) is 2.75. The molecule has 1 aromatic rings. The van der Waals surface area contributed by atoms with Gasteiger partial charge in [-0.3, -0.25) is 0 Å². The molecule has 1 saturated carbocycles. The van der Waals surface area contributed by atoms with Crippen LogP contribution in [0.15, 0.2) is 18.2 Å². The first-order valence-corrected chi connectivity index (χ1v) is 6.47. The Morgan fingerprint density at radius 2 is 2.18 bits per heavy atom. The number of halogens is 1. The Hall–Kier alpha value is -0.730. The smallest absolute Gasteiger partial charge is 0.125 e. The standard InChI is InChI=1S/C14H19ClO2/c1-14(16,9-10-4-3-5-10)12-8-11(15)6-7-13(12)17-2/h6-8,10,16H,3-5,9H2,1-2H3. The molecule has 0 heterocycles. The molecule has 0 aliphatic heterocycles. The molecule has 0 bridgehead atoms. The monoisotopic (exact) mass is 254 g/mol. The average molecular weight is 255 g/mol. The van der Waals surface area contributed by atoms with Crippen molar-refractivity contribution in [2.45, 2.75) is 38.2 Å². The molecule has 1 aromatic carbocycles. The van der Waals surface area contributed by atoms with Crippen LogP contribution in [0.1, 0.15) is 38.2 Å². The summed E-state index contributed by atoms with van der Waals surface area (Å²) in [7, 11) is 1.62. The summed E-state index contributed by atoms with van der Waals surface area (Å²) in [5.74, 6) is 1.34. The molecule has 94 valence electrons. The van der Waals surface area contributed by atoms with Crippen LogP contribution in [-0.2, 0) is 5.60 Å². The van der Waals surface area contributed by atoms with Crippen molar-refractivity contribution in [3.8, 4) is 5.75 Å². The van der Waals surface area contributed by atoms with Gasteiger partial charge in [0.05, 0.1) is 12.7 Å². The molecule has 2 rings (SSSR count). The van der Waals surface area contributed by atoms with Gasteiger partial charge in [-0.05, 0) is 37.5 Å². The zero-order valence-electron chi connectivity index (χ0n) is 10.4. The number of rotatable bonds is 4. The lowest BCUT2D eigenvalue weighted by Crippen LogP contribution is -2.28. The van der Waals surface area contributed by atoms with Crippen molar-refractivity contribution in [1.82, 2.24) is 0 Å². The maximum atomic E-state index is 10.6. The molecular formula is C14H19ClO2. The molecule has 1 atom stereocenters. The minimum Gasteiger partial charge on any atom is -0.496 e. The maximum absolute atomic E-state index is 10.6. The Morgan fingerprint density at radius 1 is 1.47 bits per heavy atom. The Bertz CT molecular complexity index is 397. The predicted octanol–water partition coefficient (Wildman–Crippen LogP) is 3.75. The van der Waals surface area contributed by atoms with E-state index in [0.717, 1.165) is 12.0 Å². The lowest BCUT2D eigenvalue weighted by molar-refractivity contribution is 0.0142.